The number of pyridine rings is 1. The van der Waals surface area contributed by atoms with Crippen LogP contribution in [0.1, 0.15) is 24.7 Å². The van der Waals surface area contributed by atoms with E-state index >= 15 is 0 Å². The second-order valence-electron chi connectivity index (χ2n) is 3.25. The van der Waals surface area contributed by atoms with Gasteiger partial charge >= 0.3 is 0 Å². The summed E-state index contributed by atoms with van der Waals surface area (Å²) in [7, 11) is 0. The van der Waals surface area contributed by atoms with Crippen LogP contribution in [0, 0.1) is 6.92 Å². The number of rotatable bonds is 2. The second-order valence-corrected chi connectivity index (χ2v) is 3.25. The van der Waals surface area contributed by atoms with Crippen LogP contribution in [0.3, 0.4) is 0 Å². The molecule has 0 bridgehead atoms. The Morgan fingerprint density at radius 1 is 1.38 bits per heavy atom. The van der Waals surface area contributed by atoms with E-state index in [0.717, 1.165) is 24.3 Å². The molecule has 0 unspecified atom stereocenters. The highest BCUT2D eigenvalue weighted by Crippen LogP contribution is 2.09. The monoisotopic (exact) mass is 175 g/mol. The van der Waals surface area contributed by atoms with Gasteiger partial charge in [0.15, 0.2) is 5.65 Å². The van der Waals surface area contributed by atoms with E-state index in [1.54, 1.807) is 0 Å². The summed E-state index contributed by atoms with van der Waals surface area (Å²) in [5.41, 5.74) is 2.16. The highest BCUT2D eigenvalue weighted by Gasteiger charge is 2.04. The summed E-state index contributed by atoms with van der Waals surface area (Å²) in [5, 5.41) is 8.31. The van der Waals surface area contributed by atoms with E-state index in [0.29, 0.717) is 0 Å². The van der Waals surface area contributed by atoms with Crippen LogP contribution in [-0.4, -0.2) is 14.6 Å². The molecule has 0 spiro atoms. The van der Waals surface area contributed by atoms with E-state index in [4.69, 9.17) is 0 Å². The molecule has 13 heavy (non-hydrogen) atoms. The van der Waals surface area contributed by atoms with Crippen LogP contribution in [0.5, 0.6) is 0 Å². The van der Waals surface area contributed by atoms with Crippen LogP contribution in [0.15, 0.2) is 18.3 Å². The second kappa shape index (κ2) is 3.17. The minimum Gasteiger partial charge on any atom is -0.286 e. The Hall–Kier alpha value is -1.38. The van der Waals surface area contributed by atoms with Crippen molar-refractivity contribution in [3.05, 3.63) is 29.7 Å². The molecule has 0 amide bonds. The molecule has 0 saturated carbocycles. The quantitative estimate of drug-likeness (QED) is 0.698. The molecule has 0 N–H and O–H groups in total. The summed E-state index contributed by atoms with van der Waals surface area (Å²) in [6, 6.07) is 4.09. The van der Waals surface area contributed by atoms with Crippen LogP contribution in [0.2, 0.25) is 0 Å². The third-order valence-corrected chi connectivity index (χ3v) is 2.17. The van der Waals surface area contributed by atoms with Gasteiger partial charge in [-0.3, -0.25) is 4.40 Å². The molecule has 0 aliphatic heterocycles. The Labute approximate surface area is 77.4 Å². The minimum absolute atomic E-state index is 0.978. The van der Waals surface area contributed by atoms with Crippen LogP contribution >= 0.6 is 0 Å². The highest BCUT2D eigenvalue weighted by molar-refractivity contribution is 5.46. The Morgan fingerprint density at radius 3 is 3.00 bits per heavy atom. The van der Waals surface area contributed by atoms with Crippen molar-refractivity contribution in [3.8, 4) is 0 Å². The maximum Gasteiger partial charge on any atom is 0.163 e. The largest absolute Gasteiger partial charge is 0.286 e. The first-order valence-corrected chi connectivity index (χ1v) is 4.62. The van der Waals surface area contributed by atoms with Gasteiger partial charge in [-0.1, -0.05) is 13.0 Å². The minimum atomic E-state index is 0.978. The van der Waals surface area contributed by atoms with E-state index in [1.807, 2.05) is 12.3 Å². The zero-order valence-electron chi connectivity index (χ0n) is 7.99. The summed E-state index contributed by atoms with van der Waals surface area (Å²) in [6.07, 6.45) is 4.12. The zero-order chi connectivity index (χ0) is 9.26. The van der Waals surface area contributed by atoms with Crippen molar-refractivity contribution in [3.63, 3.8) is 0 Å². The number of hydrogen-bond donors (Lipinski definition) is 0. The molecule has 0 aliphatic rings. The smallest absolute Gasteiger partial charge is 0.163 e. The third-order valence-electron chi connectivity index (χ3n) is 2.17. The first-order chi connectivity index (χ1) is 6.33. The standard InChI is InChI=1S/C10H13N3/c1-3-5-9-11-12-10-8(2)6-4-7-13(9)10/h4,6-7H,3,5H2,1-2H3. The predicted molar refractivity (Wildman–Crippen MR) is 51.7 cm³/mol. The van der Waals surface area contributed by atoms with Crippen LogP contribution in [-0.2, 0) is 6.42 Å². The van der Waals surface area contributed by atoms with Gasteiger partial charge in [0.05, 0.1) is 0 Å². The lowest BCUT2D eigenvalue weighted by atomic mass is 10.3. The molecule has 0 radical (unpaired) electrons. The number of fused-ring (bicyclic) bond motifs is 1. The molecule has 2 aromatic rings. The SMILES string of the molecule is CCCc1nnc2c(C)cccn12. The molecule has 2 rings (SSSR count). The van der Waals surface area contributed by atoms with E-state index in [9.17, 15) is 0 Å². The Kier molecular flexibility index (Phi) is 2.00. The number of nitrogens with zero attached hydrogens (tertiary/aromatic N) is 3. The van der Waals surface area contributed by atoms with Gasteiger partial charge in [0.2, 0.25) is 0 Å². The van der Waals surface area contributed by atoms with Crippen LogP contribution < -0.4 is 0 Å². The molecule has 0 aliphatic carbocycles. The zero-order valence-corrected chi connectivity index (χ0v) is 7.99. The molecule has 2 aromatic heterocycles. The van der Waals surface area contributed by atoms with Crippen molar-refractivity contribution in [1.29, 1.82) is 0 Å². The topological polar surface area (TPSA) is 30.2 Å². The van der Waals surface area contributed by atoms with E-state index in [-0.39, 0.29) is 0 Å². The normalized spacial score (nSPS) is 10.9. The first-order valence-electron chi connectivity index (χ1n) is 4.62. The molecular formula is C10H13N3. The molecule has 0 atom stereocenters. The van der Waals surface area contributed by atoms with Crippen molar-refractivity contribution in [2.45, 2.75) is 26.7 Å². The number of hydrogen-bond acceptors (Lipinski definition) is 2. The lowest BCUT2D eigenvalue weighted by molar-refractivity contribution is 0.818. The summed E-state index contributed by atoms with van der Waals surface area (Å²) >= 11 is 0. The molecule has 3 heteroatoms. The maximum absolute atomic E-state index is 4.16. The third kappa shape index (κ3) is 1.30. The van der Waals surface area contributed by atoms with Gasteiger partial charge in [-0.2, -0.15) is 0 Å². The van der Waals surface area contributed by atoms with Gasteiger partial charge in [0.1, 0.15) is 5.82 Å². The van der Waals surface area contributed by atoms with E-state index in [1.165, 1.54) is 5.56 Å². The molecule has 3 nitrogen and oxygen atoms in total. The molecule has 0 aromatic carbocycles. The molecule has 2 heterocycles. The Balaban J connectivity index is 2.61. The van der Waals surface area contributed by atoms with E-state index < -0.39 is 0 Å². The van der Waals surface area contributed by atoms with Crippen molar-refractivity contribution in [1.82, 2.24) is 14.6 Å². The summed E-state index contributed by atoms with van der Waals surface area (Å²) in [4.78, 5) is 0. The van der Waals surface area contributed by atoms with Crippen LogP contribution in [0.4, 0.5) is 0 Å². The summed E-state index contributed by atoms with van der Waals surface area (Å²) in [5.74, 6) is 1.06. The molecule has 0 fully saturated rings. The lowest BCUT2D eigenvalue weighted by Gasteiger charge is -1.98. The Bertz CT molecular complexity index is 417. The van der Waals surface area contributed by atoms with Gasteiger partial charge < -0.3 is 0 Å². The molecular weight excluding hydrogens is 162 g/mol. The predicted octanol–water partition coefficient (Wildman–Crippen LogP) is 1.99. The van der Waals surface area contributed by atoms with Gasteiger partial charge in [-0.15, -0.1) is 10.2 Å². The van der Waals surface area contributed by atoms with Crippen molar-refractivity contribution in [2.24, 2.45) is 0 Å². The van der Waals surface area contributed by atoms with Gasteiger partial charge in [0, 0.05) is 12.6 Å². The average molecular weight is 175 g/mol. The van der Waals surface area contributed by atoms with Crippen molar-refractivity contribution in [2.75, 3.05) is 0 Å². The Morgan fingerprint density at radius 2 is 2.23 bits per heavy atom. The maximum atomic E-state index is 4.16. The van der Waals surface area contributed by atoms with Gasteiger partial charge in [0.25, 0.3) is 0 Å². The summed E-state index contributed by atoms with van der Waals surface area (Å²) in [6.45, 7) is 4.20. The highest BCUT2D eigenvalue weighted by atomic mass is 15.2. The van der Waals surface area contributed by atoms with Gasteiger partial charge in [-0.25, -0.2) is 0 Å². The molecule has 0 saturated heterocycles. The van der Waals surface area contributed by atoms with Crippen molar-refractivity contribution >= 4 is 5.65 Å². The first kappa shape index (κ1) is 8.23. The van der Waals surface area contributed by atoms with Crippen molar-refractivity contribution < 1.29 is 0 Å². The van der Waals surface area contributed by atoms with Gasteiger partial charge in [-0.05, 0) is 25.0 Å². The lowest BCUT2D eigenvalue weighted by Crippen LogP contribution is -1.93. The fourth-order valence-corrected chi connectivity index (χ4v) is 1.49. The fraction of sp³-hybridized carbons (Fsp3) is 0.400. The fourth-order valence-electron chi connectivity index (χ4n) is 1.49. The molecule has 68 valence electrons. The average Bonchev–Trinajstić information content (AvgIpc) is 2.51. The summed E-state index contributed by atoms with van der Waals surface area (Å²) < 4.78 is 2.07. The number of aromatic nitrogens is 3. The number of aryl methyl sites for hydroxylation is 2. The van der Waals surface area contributed by atoms with Crippen LogP contribution in [0.25, 0.3) is 5.65 Å². The van der Waals surface area contributed by atoms with E-state index in [2.05, 4.69) is 34.5 Å².